The van der Waals surface area contributed by atoms with Crippen LogP contribution >= 0.6 is 11.3 Å². The van der Waals surface area contributed by atoms with E-state index in [0.29, 0.717) is 6.61 Å². The van der Waals surface area contributed by atoms with Crippen LogP contribution in [-0.4, -0.2) is 78.6 Å². The molecule has 2 fully saturated rings. The fraction of sp³-hybridized carbons (Fsp3) is 0.737. The summed E-state index contributed by atoms with van der Waals surface area (Å²) in [6.45, 7) is 9.57. The van der Waals surface area contributed by atoms with Crippen LogP contribution in [0.3, 0.4) is 0 Å². The van der Waals surface area contributed by atoms with Crippen molar-refractivity contribution in [2.24, 2.45) is 4.99 Å². The summed E-state index contributed by atoms with van der Waals surface area (Å²) in [4.78, 5) is 26.1. The van der Waals surface area contributed by atoms with E-state index >= 15 is 0 Å². The molecule has 1 aromatic rings. The smallest absolute Gasteiger partial charge is 0.251 e. The van der Waals surface area contributed by atoms with Gasteiger partial charge < -0.3 is 19.9 Å². The Morgan fingerprint density at radius 1 is 1.33 bits per heavy atom. The molecule has 1 unspecified atom stereocenters. The van der Waals surface area contributed by atoms with Crippen LogP contribution in [0.1, 0.15) is 37.4 Å². The summed E-state index contributed by atoms with van der Waals surface area (Å²) in [5.74, 6) is 1.09. The van der Waals surface area contributed by atoms with Gasteiger partial charge in [0, 0.05) is 57.7 Å². The molecule has 0 spiro atoms. The van der Waals surface area contributed by atoms with Gasteiger partial charge in [0.15, 0.2) is 5.96 Å². The zero-order valence-corrected chi connectivity index (χ0v) is 17.3. The van der Waals surface area contributed by atoms with Crippen molar-refractivity contribution in [2.75, 3.05) is 45.9 Å². The van der Waals surface area contributed by atoms with Crippen LogP contribution in [0.25, 0.3) is 0 Å². The summed E-state index contributed by atoms with van der Waals surface area (Å²) in [5.41, 5.74) is 1.13. The quantitative estimate of drug-likeness (QED) is 0.586. The van der Waals surface area contributed by atoms with Gasteiger partial charge in [-0.1, -0.05) is 6.92 Å². The number of ether oxygens (including phenoxy) is 1. The number of aryl methyl sites for hydroxylation is 1. The molecule has 2 aliphatic heterocycles. The van der Waals surface area contributed by atoms with Gasteiger partial charge in [-0.25, -0.2) is 4.98 Å². The molecule has 3 heterocycles. The van der Waals surface area contributed by atoms with Gasteiger partial charge in [0.05, 0.1) is 10.7 Å². The predicted molar refractivity (Wildman–Crippen MR) is 108 cm³/mol. The van der Waals surface area contributed by atoms with Crippen LogP contribution in [-0.2, 0) is 22.4 Å². The number of nitrogens with zero attached hydrogens (tertiary/aromatic N) is 4. The molecule has 0 saturated carbocycles. The van der Waals surface area contributed by atoms with E-state index in [2.05, 4.69) is 34.4 Å². The molecule has 1 aromatic heterocycles. The molecule has 2 aliphatic rings. The largest absolute Gasteiger partial charge is 0.368 e. The molecule has 7 nitrogen and oxygen atoms in total. The summed E-state index contributed by atoms with van der Waals surface area (Å²) in [6.07, 6.45) is 3.49. The van der Waals surface area contributed by atoms with Gasteiger partial charge in [0.2, 0.25) is 0 Å². The first-order chi connectivity index (χ1) is 13.2. The van der Waals surface area contributed by atoms with Gasteiger partial charge >= 0.3 is 0 Å². The topological polar surface area (TPSA) is 70.1 Å². The molecule has 27 heavy (non-hydrogen) atoms. The molecule has 0 radical (unpaired) electrons. The standard InChI is InChI=1S/C19H31N5O2S/c1-3-17-22-15(14-27-17)7-8-21-19(20-4-2)24-11-9-23(10-12-24)18(25)16-6-5-13-26-16/h14,16H,3-13H2,1-2H3,(H,20,21). The van der Waals surface area contributed by atoms with Crippen LogP contribution in [0.5, 0.6) is 0 Å². The van der Waals surface area contributed by atoms with E-state index < -0.39 is 0 Å². The summed E-state index contributed by atoms with van der Waals surface area (Å²) < 4.78 is 5.54. The first-order valence-corrected chi connectivity index (χ1v) is 11.0. The van der Waals surface area contributed by atoms with E-state index in [4.69, 9.17) is 9.73 Å². The van der Waals surface area contributed by atoms with E-state index in [1.165, 1.54) is 5.01 Å². The summed E-state index contributed by atoms with van der Waals surface area (Å²) in [5, 5.41) is 6.71. The number of guanidine groups is 1. The molecular weight excluding hydrogens is 362 g/mol. The second kappa shape index (κ2) is 10.0. The molecule has 3 rings (SSSR count). The number of aliphatic imine (C=N–C) groups is 1. The zero-order chi connectivity index (χ0) is 19.1. The molecular formula is C19H31N5O2S. The summed E-state index contributed by atoms with van der Waals surface area (Å²) in [7, 11) is 0. The Hall–Kier alpha value is -1.67. The highest BCUT2D eigenvalue weighted by Gasteiger charge is 2.30. The highest BCUT2D eigenvalue weighted by atomic mass is 32.1. The molecule has 2 saturated heterocycles. The lowest BCUT2D eigenvalue weighted by Crippen LogP contribution is -2.55. The number of carbonyl (C=O) groups excluding carboxylic acids is 1. The zero-order valence-electron chi connectivity index (χ0n) is 16.4. The van der Waals surface area contributed by atoms with Crippen molar-refractivity contribution in [3.05, 3.63) is 16.1 Å². The summed E-state index contributed by atoms with van der Waals surface area (Å²) >= 11 is 1.73. The van der Waals surface area contributed by atoms with Crippen LogP contribution in [0.15, 0.2) is 10.4 Å². The van der Waals surface area contributed by atoms with Gasteiger partial charge in [0.1, 0.15) is 6.10 Å². The third-order valence-electron chi connectivity index (χ3n) is 4.96. The van der Waals surface area contributed by atoms with Crippen molar-refractivity contribution >= 4 is 23.2 Å². The number of hydrogen-bond acceptors (Lipinski definition) is 5. The Morgan fingerprint density at radius 2 is 2.11 bits per heavy atom. The first kappa shape index (κ1) is 20.1. The normalized spacial score (nSPS) is 21.0. The Labute approximate surface area is 165 Å². The highest BCUT2D eigenvalue weighted by Crippen LogP contribution is 2.16. The highest BCUT2D eigenvalue weighted by molar-refractivity contribution is 7.09. The van der Waals surface area contributed by atoms with Crippen LogP contribution in [0.4, 0.5) is 0 Å². The average Bonchev–Trinajstić information content (AvgIpc) is 3.39. The third-order valence-corrected chi connectivity index (χ3v) is 6.00. The average molecular weight is 394 g/mol. The minimum absolute atomic E-state index is 0.157. The fourth-order valence-corrected chi connectivity index (χ4v) is 4.22. The van der Waals surface area contributed by atoms with E-state index in [1.54, 1.807) is 11.3 Å². The summed E-state index contributed by atoms with van der Waals surface area (Å²) in [6, 6.07) is 0. The molecule has 0 aromatic carbocycles. The van der Waals surface area contributed by atoms with Crippen LogP contribution < -0.4 is 5.32 Å². The lowest BCUT2D eigenvalue weighted by atomic mass is 10.2. The number of rotatable bonds is 6. The maximum Gasteiger partial charge on any atom is 0.251 e. The van der Waals surface area contributed by atoms with Crippen LogP contribution in [0.2, 0.25) is 0 Å². The van der Waals surface area contributed by atoms with Gasteiger partial charge in [-0.05, 0) is 26.2 Å². The minimum atomic E-state index is -0.218. The number of nitrogens with one attached hydrogen (secondary N) is 1. The number of thiazole rings is 1. The number of carbonyl (C=O) groups is 1. The number of hydrogen-bond donors (Lipinski definition) is 1. The first-order valence-electron chi connectivity index (χ1n) is 10.1. The molecule has 0 aliphatic carbocycles. The lowest BCUT2D eigenvalue weighted by molar-refractivity contribution is -0.142. The SMILES string of the molecule is CCNC(=NCCc1csc(CC)n1)N1CCN(C(=O)C2CCCO2)CC1. The second-order valence-electron chi connectivity index (χ2n) is 6.89. The maximum atomic E-state index is 12.5. The van der Waals surface area contributed by atoms with E-state index in [0.717, 1.165) is 76.6 Å². The van der Waals surface area contributed by atoms with Crippen molar-refractivity contribution in [3.63, 3.8) is 0 Å². The van der Waals surface area contributed by atoms with Gasteiger partial charge in [-0.3, -0.25) is 9.79 Å². The molecule has 150 valence electrons. The van der Waals surface area contributed by atoms with Crippen molar-refractivity contribution in [1.82, 2.24) is 20.1 Å². The van der Waals surface area contributed by atoms with Crippen molar-refractivity contribution in [2.45, 2.75) is 45.6 Å². The van der Waals surface area contributed by atoms with Crippen molar-refractivity contribution < 1.29 is 9.53 Å². The van der Waals surface area contributed by atoms with Crippen molar-refractivity contribution in [1.29, 1.82) is 0 Å². The number of amides is 1. The Bertz CT molecular complexity index is 634. The molecule has 8 heteroatoms. The second-order valence-corrected chi connectivity index (χ2v) is 7.83. The Kier molecular flexibility index (Phi) is 7.46. The number of aromatic nitrogens is 1. The van der Waals surface area contributed by atoms with Crippen molar-refractivity contribution in [3.8, 4) is 0 Å². The van der Waals surface area contributed by atoms with Gasteiger partial charge in [-0.15, -0.1) is 11.3 Å². The maximum absolute atomic E-state index is 12.5. The Balaban J connectivity index is 1.50. The lowest BCUT2D eigenvalue weighted by Gasteiger charge is -2.37. The molecule has 1 atom stereocenters. The molecule has 1 N–H and O–H groups in total. The predicted octanol–water partition coefficient (Wildman–Crippen LogP) is 1.54. The van der Waals surface area contributed by atoms with Gasteiger partial charge in [-0.2, -0.15) is 0 Å². The third kappa shape index (κ3) is 5.42. The molecule has 1 amide bonds. The van der Waals surface area contributed by atoms with E-state index in [9.17, 15) is 4.79 Å². The van der Waals surface area contributed by atoms with Crippen LogP contribution in [0, 0.1) is 0 Å². The minimum Gasteiger partial charge on any atom is -0.368 e. The molecule has 0 bridgehead atoms. The van der Waals surface area contributed by atoms with E-state index in [1.807, 2.05) is 4.90 Å². The monoisotopic (exact) mass is 393 g/mol. The number of piperazine rings is 1. The fourth-order valence-electron chi connectivity index (χ4n) is 3.44. The van der Waals surface area contributed by atoms with E-state index in [-0.39, 0.29) is 12.0 Å². The Morgan fingerprint density at radius 3 is 2.74 bits per heavy atom. The van der Waals surface area contributed by atoms with Gasteiger partial charge in [0.25, 0.3) is 5.91 Å².